The quantitative estimate of drug-likeness (QED) is 0.405. The van der Waals surface area contributed by atoms with E-state index in [1.165, 1.54) is 0 Å². The number of fused-ring (bicyclic) bond motifs is 3. The van der Waals surface area contributed by atoms with Gasteiger partial charge in [-0.2, -0.15) is 0 Å². The zero-order valence-corrected chi connectivity index (χ0v) is 20.5. The molecule has 1 unspecified atom stereocenters. The molecule has 2 heterocycles. The number of nitrogens with zero attached hydrogens (tertiary/aromatic N) is 1. The third-order valence-corrected chi connectivity index (χ3v) is 5.77. The highest BCUT2D eigenvalue weighted by molar-refractivity contribution is 6.17. The number of rotatable bonds is 8. The van der Waals surface area contributed by atoms with Crippen molar-refractivity contribution in [1.29, 1.82) is 0 Å². The second-order valence-corrected chi connectivity index (χ2v) is 7.83. The largest absolute Gasteiger partial charge is 0.465 e. The second kappa shape index (κ2) is 11.7. The summed E-state index contributed by atoms with van der Waals surface area (Å²) in [6, 6.07) is 7.50. The summed E-state index contributed by atoms with van der Waals surface area (Å²) in [4.78, 5) is 55.1. The summed E-state index contributed by atoms with van der Waals surface area (Å²) >= 11 is 0. The maximum Gasteiger partial charge on any atom is 0.341 e. The normalized spacial score (nSPS) is 17.1. The molecule has 0 saturated heterocycles. The predicted octanol–water partition coefficient (Wildman–Crippen LogP) is 2.43. The summed E-state index contributed by atoms with van der Waals surface area (Å²) < 4.78 is 21.2. The monoisotopic (exact) mass is 485 g/mol. The van der Waals surface area contributed by atoms with E-state index in [0.29, 0.717) is 18.7 Å². The lowest BCUT2D eigenvalue weighted by atomic mass is 9.89. The zero-order valence-electron chi connectivity index (χ0n) is 20.5. The van der Waals surface area contributed by atoms with Crippen molar-refractivity contribution in [1.82, 2.24) is 4.90 Å². The summed E-state index contributed by atoms with van der Waals surface area (Å²) in [5, 5.41) is 0. The average molecular weight is 486 g/mol. The molecule has 9 heteroatoms. The number of carbonyl (C=O) groups excluding carboxylic acids is 4. The lowest BCUT2D eigenvalue weighted by Crippen LogP contribution is -2.38. The van der Waals surface area contributed by atoms with Crippen molar-refractivity contribution >= 4 is 29.6 Å². The fourth-order valence-corrected chi connectivity index (χ4v) is 4.43. The van der Waals surface area contributed by atoms with Gasteiger partial charge in [-0.1, -0.05) is 24.3 Å². The number of ether oxygens (including phenoxy) is 4. The highest BCUT2D eigenvalue weighted by Crippen LogP contribution is 2.41. The van der Waals surface area contributed by atoms with Gasteiger partial charge in [-0.25, -0.2) is 14.4 Å². The van der Waals surface area contributed by atoms with E-state index in [4.69, 9.17) is 18.9 Å². The minimum atomic E-state index is -1.18. The number of hydrogen-bond acceptors (Lipinski definition) is 9. The molecule has 0 N–H and O–H groups in total. The zero-order chi connectivity index (χ0) is 25.5. The van der Waals surface area contributed by atoms with Gasteiger partial charge in [0.25, 0.3) is 0 Å². The molecule has 1 aromatic rings. The minimum absolute atomic E-state index is 0.00570. The Balaban J connectivity index is 2.44. The third-order valence-electron chi connectivity index (χ3n) is 5.77. The first-order chi connectivity index (χ1) is 16.9. The first kappa shape index (κ1) is 26.0. The Labute approximate surface area is 204 Å². The summed E-state index contributed by atoms with van der Waals surface area (Å²) in [6.07, 6.45) is 0.648. The molecular weight excluding hydrogens is 454 g/mol. The van der Waals surface area contributed by atoms with E-state index >= 15 is 0 Å². The Kier molecular flexibility index (Phi) is 8.68. The smallest absolute Gasteiger partial charge is 0.341 e. The summed E-state index contributed by atoms with van der Waals surface area (Å²) in [6.45, 7) is 7.12. The molecule has 35 heavy (non-hydrogen) atoms. The van der Waals surface area contributed by atoms with Gasteiger partial charge in [0, 0.05) is 18.7 Å². The summed E-state index contributed by atoms with van der Waals surface area (Å²) in [5.41, 5.74) is 1.41. The molecule has 1 atom stereocenters. The van der Waals surface area contributed by atoms with E-state index in [1.807, 2.05) is 29.2 Å². The molecule has 0 amide bonds. The molecule has 0 saturated carbocycles. The van der Waals surface area contributed by atoms with E-state index in [1.54, 1.807) is 27.7 Å². The molecular formula is C26H31NO8. The van der Waals surface area contributed by atoms with Crippen molar-refractivity contribution in [2.45, 2.75) is 34.1 Å². The Morgan fingerprint density at radius 3 is 2.00 bits per heavy atom. The Bertz CT molecular complexity index is 1070. The molecule has 0 radical (unpaired) electrons. The number of carbonyl (C=O) groups is 4. The van der Waals surface area contributed by atoms with Crippen LogP contribution in [0.3, 0.4) is 0 Å². The van der Waals surface area contributed by atoms with Crippen molar-refractivity contribution in [3.05, 3.63) is 52.1 Å². The third kappa shape index (κ3) is 5.23. The van der Waals surface area contributed by atoms with Crippen molar-refractivity contribution in [2.75, 3.05) is 39.5 Å². The van der Waals surface area contributed by atoms with Crippen LogP contribution >= 0.6 is 0 Å². The first-order valence-electron chi connectivity index (χ1n) is 11.9. The molecule has 2 aliphatic rings. The van der Waals surface area contributed by atoms with Crippen molar-refractivity contribution in [3.63, 3.8) is 0 Å². The van der Waals surface area contributed by atoms with Crippen molar-refractivity contribution in [3.8, 4) is 0 Å². The maximum atomic E-state index is 13.4. The van der Waals surface area contributed by atoms with Gasteiger partial charge >= 0.3 is 23.9 Å². The van der Waals surface area contributed by atoms with Crippen LogP contribution in [0.25, 0.3) is 5.70 Å². The van der Waals surface area contributed by atoms with Crippen molar-refractivity contribution < 1.29 is 38.1 Å². The van der Waals surface area contributed by atoms with Crippen LogP contribution in [0.5, 0.6) is 0 Å². The van der Waals surface area contributed by atoms with E-state index in [0.717, 1.165) is 11.1 Å². The molecule has 0 aromatic heterocycles. The predicted molar refractivity (Wildman–Crippen MR) is 126 cm³/mol. The van der Waals surface area contributed by atoms with Gasteiger partial charge in [-0.3, -0.25) is 4.79 Å². The van der Waals surface area contributed by atoms with Gasteiger partial charge in [-0.15, -0.1) is 0 Å². The number of benzene rings is 1. The topological polar surface area (TPSA) is 108 Å². The van der Waals surface area contributed by atoms with Gasteiger partial charge < -0.3 is 23.8 Å². The molecule has 0 aliphatic carbocycles. The van der Waals surface area contributed by atoms with Crippen LogP contribution < -0.4 is 0 Å². The van der Waals surface area contributed by atoms with Crippen LogP contribution in [0.4, 0.5) is 0 Å². The van der Waals surface area contributed by atoms with E-state index in [9.17, 15) is 19.2 Å². The Morgan fingerprint density at radius 2 is 1.37 bits per heavy atom. The van der Waals surface area contributed by atoms with E-state index in [2.05, 4.69) is 0 Å². The lowest BCUT2D eigenvalue weighted by Gasteiger charge is -2.35. The molecule has 188 valence electrons. The van der Waals surface area contributed by atoms with Gasteiger partial charge in [0.1, 0.15) is 5.92 Å². The summed E-state index contributed by atoms with van der Waals surface area (Å²) in [5.74, 6) is -4.46. The van der Waals surface area contributed by atoms with Crippen LogP contribution in [0.1, 0.15) is 38.8 Å². The maximum absolute atomic E-state index is 13.4. The molecule has 0 fully saturated rings. The molecule has 0 spiro atoms. The van der Waals surface area contributed by atoms with Gasteiger partial charge in [0.15, 0.2) is 0 Å². The van der Waals surface area contributed by atoms with Gasteiger partial charge in [0.2, 0.25) is 0 Å². The molecule has 1 aromatic carbocycles. The SMILES string of the molecule is CCOC(=O)C1=C(C(=O)OCC)C(C(=O)OCC)CN2CCc3ccccc3C2=C1C(=O)OCC. The highest BCUT2D eigenvalue weighted by Gasteiger charge is 2.45. The van der Waals surface area contributed by atoms with Gasteiger partial charge in [-0.05, 0) is 39.7 Å². The number of esters is 4. The van der Waals surface area contributed by atoms with Crippen LogP contribution in [-0.2, 0) is 44.5 Å². The number of hydrogen-bond donors (Lipinski definition) is 0. The minimum Gasteiger partial charge on any atom is -0.465 e. The highest BCUT2D eigenvalue weighted by atomic mass is 16.5. The Morgan fingerprint density at radius 1 is 0.800 bits per heavy atom. The first-order valence-corrected chi connectivity index (χ1v) is 11.9. The second-order valence-electron chi connectivity index (χ2n) is 7.83. The van der Waals surface area contributed by atoms with Crippen LogP contribution in [0.2, 0.25) is 0 Å². The van der Waals surface area contributed by atoms with Crippen LogP contribution in [0.15, 0.2) is 41.0 Å². The van der Waals surface area contributed by atoms with E-state index < -0.39 is 29.8 Å². The molecule has 3 rings (SSSR count). The molecule has 9 nitrogen and oxygen atoms in total. The average Bonchev–Trinajstić information content (AvgIpc) is 3.00. The fourth-order valence-electron chi connectivity index (χ4n) is 4.43. The molecule has 0 bridgehead atoms. The van der Waals surface area contributed by atoms with Gasteiger partial charge in [0.05, 0.1) is 48.8 Å². The van der Waals surface area contributed by atoms with Crippen molar-refractivity contribution in [2.24, 2.45) is 5.92 Å². The standard InChI is InChI=1S/C26H31NO8/c1-5-32-23(28)18-15-27-14-13-16-11-9-10-12-17(16)22(27)21(26(31)35-8-4)20(25(30)34-7-3)19(18)24(29)33-6-2/h9-12,18H,5-8,13-15H2,1-4H3. The lowest BCUT2D eigenvalue weighted by molar-refractivity contribution is -0.150. The van der Waals surface area contributed by atoms with Crippen LogP contribution in [0, 0.1) is 5.92 Å². The fraction of sp³-hybridized carbons (Fsp3) is 0.462. The Hall–Kier alpha value is -3.62. The summed E-state index contributed by atoms with van der Waals surface area (Å²) in [7, 11) is 0. The van der Waals surface area contributed by atoms with E-state index in [-0.39, 0.29) is 49.7 Å². The van der Waals surface area contributed by atoms with Crippen LogP contribution in [-0.4, -0.2) is 68.3 Å². The molecule has 2 aliphatic heterocycles.